The van der Waals surface area contributed by atoms with E-state index in [1.165, 1.54) is 81.3 Å². The molecule has 2 atom stereocenters. The Kier molecular flexibility index (Phi) is 5.00. The zero-order valence-corrected chi connectivity index (χ0v) is 14.5. The van der Waals surface area contributed by atoms with Gasteiger partial charge in [0.05, 0.1) is 11.2 Å². The molecule has 21 heavy (non-hydrogen) atoms. The maximum absolute atomic E-state index is 5.09. The van der Waals surface area contributed by atoms with Crippen LogP contribution in [0.1, 0.15) is 80.3 Å². The van der Waals surface area contributed by atoms with Gasteiger partial charge in [-0.15, -0.1) is 11.3 Å². The minimum absolute atomic E-state index is 0.171. The van der Waals surface area contributed by atoms with Gasteiger partial charge in [-0.05, 0) is 57.9 Å². The van der Waals surface area contributed by atoms with E-state index in [0.29, 0.717) is 0 Å². The molecule has 3 rings (SSSR count). The lowest BCUT2D eigenvalue weighted by molar-refractivity contribution is 0.304. The van der Waals surface area contributed by atoms with E-state index in [4.69, 9.17) is 4.98 Å². The molecule has 1 saturated carbocycles. The van der Waals surface area contributed by atoms with Crippen LogP contribution in [0.15, 0.2) is 0 Å². The van der Waals surface area contributed by atoms with Crippen LogP contribution >= 0.6 is 11.3 Å². The van der Waals surface area contributed by atoms with Gasteiger partial charge in [0.25, 0.3) is 0 Å². The minimum Gasteiger partial charge on any atom is -0.308 e. The van der Waals surface area contributed by atoms with Crippen LogP contribution in [0.25, 0.3) is 0 Å². The molecule has 2 nitrogen and oxygen atoms in total. The summed E-state index contributed by atoms with van der Waals surface area (Å²) in [5.41, 5.74) is 1.59. The van der Waals surface area contributed by atoms with Crippen molar-refractivity contribution in [2.75, 3.05) is 7.05 Å². The smallest absolute Gasteiger partial charge is 0.113 e. The predicted octanol–water partition coefficient (Wildman–Crippen LogP) is 4.82. The van der Waals surface area contributed by atoms with Crippen molar-refractivity contribution in [3.63, 3.8) is 0 Å². The van der Waals surface area contributed by atoms with E-state index in [2.05, 4.69) is 19.3 Å². The summed E-state index contributed by atoms with van der Waals surface area (Å²) in [5.74, 6) is 0.944. The van der Waals surface area contributed by atoms with E-state index in [9.17, 15) is 0 Å². The molecule has 2 unspecified atom stereocenters. The van der Waals surface area contributed by atoms with Gasteiger partial charge in [-0.3, -0.25) is 0 Å². The highest BCUT2D eigenvalue weighted by atomic mass is 32.1. The third kappa shape index (κ3) is 3.19. The lowest BCUT2D eigenvalue weighted by Crippen LogP contribution is -2.39. The Morgan fingerprint density at radius 2 is 2.05 bits per heavy atom. The van der Waals surface area contributed by atoms with E-state index >= 15 is 0 Å². The van der Waals surface area contributed by atoms with Gasteiger partial charge in [-0.25, -0.2) is 4.98 Å². The Morgan fingerprint density at radius 1 is 1.19 bits per heavy atom. The van der Waals surface area contributed by atoms with Crippen molar-refractivity contribution in [1.82, 2.24) is 10.3 Å². The van der Waals surface area contributed by atoms with Gasteiger partial charge >= 0.3 is 0 Å². The molecular formula is C18H30N2S. The number of aryl methyl sites for hydroxylation is 2. The Bertz CT molecular complexity index is 444. The maximum Gasteiger partial charge on any atom is 0.113 e. The summed E-state index contributed by atoms with van der Waals surface area (Å²) in [4.78, 5) is 6.67. The number of hydrogen-bond acceptors (Lipinski definition) is 3. The Morgan fingerprint density at radius 3 is 2.81 bits per heavy atom. The fourth-order valence-corrected chi connectivity index (χ4v) is 5.64. The quantitative estimate of drug-likeness (QED) is 0.807. The van der Waals surface area contributed by atoms with Crippen LogP contribution in [0, 0.1) is 5.92 Å². The zero-order valence-electron chi connectivity index (χ0n) is 13.7. The SMILES string of the molecule is CCCC1CCCC(NC)(c2nc3c(s2)CCCC3)CC1. The maximum atomic E-state index is 5.09. The van der Waals surface area contributed by atoms with Crippen LogP contribution in [-0.4, -0.2) is 12.0 Å². The lowest BCUT2D eigenvalue weighted by Gasteiger charge is -2.30. The molecule has 1 aromatic rings. The fraction of sp³-hybridized carbons (Fsp3) is 0.833. The topological polar surface area (TPSA) is 24.9 Å². The molecule has 0 saturated heterocycles. The van der Waals surface area contributed by atoms with E-state index < -0.39 is 0 Å². The molecule has 3 heteroatoms. The summed E-state index contributed by atoms with van der Waals surface area (Å²) in [6.45, 7) is 2.32. The molecule has 0 aliphatic heterocycles. The molecule has 1 N–H and O–H groups in total. The monoisotopic (exact) mass is 306 g/mol. The number of nitrogens with one attached hydrogen (secondary N) is 1. The highest BCUT2D eigenvalue weighted by Crippen LogP contribution is 2.42. The van der Waals surface area contributed by atoms with Crippen LogP contribution in [-0.2, 0) is 18.4 Å². The first-order valence-electron chi connectivity index (χ1n) is 8.95. The van der Waals surface area contributed by atoms with Crippen LogP contribution in [0.4, 0.5) is 0 Å². The van der Waals surface area contributed by atoms with Gasteiger partial charge in [-0.1, -0.05) is 32.6 Å². The van der Waals surface area contributed by atoms with Crippen molar-refractivity contribution in [2.24, 2.45) is 5.92 Å². The molecule has 118 valence electrons. The number of thiazole rings is 1. The van der Waals surface area contributed by atoms with E-state index in [1.807, 2.05) is 11.3 Å². The lowest BCUT2D eigenvalue weighted by atomic mass is 9.89. The van der Waals surface area contributed by atoms with Crippen LogP contribution < -0.4 is 5.32 Å². The average molecular weight is 307 g/mol. The molecule has 0 spiro atoms. The van der Waals surface area contributed by atoms with Crippen molar-refractivity contribution in [2.45, 2.75) is 83.1 Å². The summed E-state index contributed by atoms with van der Waals surface area (Å²) in [7, 11) is 2.15. The number of aromatic nitrogens is 1. The molecule has 1 aromatic heterocycles. The van der Waals surface area contributed by atoms with Gasteiger partial charge in [0, 0.05) is 4.88 Å². The van der Waals surface area contributed by atoms with Crippen molar-refractivity contribution in [3.05, 3.63) is 15.6 Å². The standard InChI is InChI=1S/C18H30N2S/c1-3-7-14-8-6-12-18(19-2,13-11-14)17-20-15-9-4-5-10-16(15)21-17/h14,19H,3-13H2,1-2H3. The summed E-state index contributed by atoms with van der Waals surface area (Å²) >= 11 is 2.02. The molecule has 2 aliphatic rings. The zero-order chi connectivity index (χ0) is 14.7. The normalized spacial score (nSPS) is 29.9. The van der Waals surface area contributed by atoms with Crippen LogP contribution in [0.5, 0.6) is 0 Å². The van der Waals surface area contributed by atoms with Crippen molar-refractivity contribution in [1.29, 1.82) is 0 Å². The highest BCUT2D eigenvalue weighted by molar-refractivity contribution is 7.11. The molecule has 0 aromatic carbocycles. The largest absolute Gasteiger partial charge is 0.308 e. The first-order chi connectivity index (χ1) is 10.3. The Balaban J connectivity index is 1.81. The van der Waals surface area contributed by atoms with Gasteiger partial charge in [0.15, 0.2) is 0 Å². The molecule has 2 aliphatic carbocycles. The molecule has 0 amide bonds. The molecule has 1 fully saturated rings. The van der Waals surface area contributed by atoms with Gasteiger partial charge in [0.2, 0.25) is 0 Å². The molecule has 1 heterocycles. The molecule has 0 bridgehead atoms. The number of nitrogens with zero attached hydrogens (tertiary/aromatic N) is 1. The summed E-state index contributed by atoms with van der Waals surface area (Å²) < 4.78 is 0. The van der Waals surface area contributed by atoms with Crippen molar-refractivity contribution in [3.8, 4) is 0 Å². The number of hydrogen-bond donors (Lipinski definition) is 1. The third-order valence-corrected chi connectivity index (χ3v) is 6.99. The fourth-order valence-electron chi connectivity index (χ4n) is 4.24. The highest BCUT2D eigenvalue weighted by Gasteiger charge is 2.36. The number of rotatable bonds is 4. The van der Waals surface area contributed by atoms with E-state index in [1.54, 1.807) is 4.88 Å². The second kappa shape index (κ2) is 6.78. The average Bonchev–Trinajstić information content (AvgIpc) is 2.84. The third-order valence-electron chi connectivity index (χ3n) is 5.63. The van der Waals surface area contributed by atoms with Crippen molar-refractivity contribution < 1.29 is 0 Å². The predicted molar refractivity (Wildman–Crippen MR) is 91.0 cm³/mol. The molecular weight excluding hydrogens is 276 g/mol. The van der Waals surface area contributed by atoms with Crippen LogP contribution in [0.3, 0.4) is 0 Å². The van der Waals surface area contributed by atoms with E-state index in [0.717, 1.165) is 5.92 Å². The minimum atomic E-state index is 0.171. The summed E-state index contributed by atoms with van der Waals surface area (Å²) in [6.07, 6.45) is 14.6. The second-order valence-corrected chi connectivity index (χ2v) is 8.10. The second-order valence-electron chi connectivity index (χ2n) is 7.01. The molecule has 0 radical (unpaired) electrons. The summed E-state index contributed by atoms with van der Waals surface area (Å²) in [5, 5.41) is 5.09. The van der Waals surface area contributed by atoms with Crippen molar-refractivity contribution >= 4 is 11.3 Å². The summed E-state index contributed by atoms with van der Waals surface area (Å²) in [6, 6.07) is 0. The first-order valence-corrected chi connectivity index (χ1v) is 9.77. The van der Waals surface area contributed by atoms with Gasteiger partial charge in [0.1, 0.15) is 5.01 Å². The Labute approximate surface area is 133 Å². The van der Waals surface area contributed by atoms with E-state index in [-0.39, 0.29) is 5.54 Å². The van der Waals surface area contributed by atoms with Gasteiger partial charge < -0.3 is 5.32 Å². The first kappa shape index (κ1) is 15.5. The van der Waals surface area contributed by atoms with Crippen LogP contribution in [0.2, 0.25) is 0 Å². The van der Waals surface area contributed by atoms with Gasteiger partial charge in [-0.2, -0.15) is 0 Å². The Hall–Kier alpha value is -0.410. The number of fused-ring (bicyclic) bond motifs is 1.